The molecule has 3 heterocycles. The number of nitrogens with zero attached hydrogens (tertiary/aromatic N) is 3. The van der Waals surface area contributed by atoms with Crippen molar-refractivity contribution in [2.45, 2.75) is 37.0 Å². The molecule has 7 nitrogen and oxygen atoms in total. The van der Waals surface area contributed by atoms with E-state index in [-0.39, 0.29) is 10.8 Å². The number of sulfonamides is 1. The first-order chi connectivity index (χ1) is 15.0. The second-order valence-corrected chi connectivity index (χ2v) is 10.3. The molecular weight excluding hydrogens is 412 g/mol. The lowest BCUT2D eigenvalue weighted by atomic mass is 9.96. The van der Waals surface area contributed by atoms with Crippen molar-refractivity contribution in [3.8, 4) is 0 Å². The van der Waals surface area contributed by atoms with Gasteiger partial charge in [-0.1, -0.05) is 12.5 Å². The summed E-state index contributed by atoms with van der Waals surface area (Å²) in [5.41, 5.74) is 0.489. The van der Waals surface area contributed by atoms with Gasteiger partial charge in [0.25, 0.3) is 5.91 Å². The van der Waals surface area contributed by atoms with Crippen LogP contribution in [0.15, 0.2) is 53.6 Å². The van der Waals surface area contributed by atoms with E-state index in [1.807, 2.05) is 24.4 Å². The molecule has 2 saturated heterocycles. The van der Waals surface area contributed by atoms with Gasteiger partial charge in [0.2, 0.25) is 10.0 Å². The van der Waals surface area contributed by atoms with E-state index in [0.29, 0.717) is 31.1 Å². The molecule has 0 radical (unpaired) electrons. The maximum absolute atomic E-state index is 12.7. The number of anilines is 1. The summed E-state index contributed by atoms with van der Waals surface area (Å²) in [5.74, 6) is 1.28. The Morgan fingerprint density at radius 3 is 2.32 bits per heavy atom. The minimum Gasteiger partial charge on any atom is -0.357 e. The highest BCUT2D eigenvalue weighted by Gasteiger charge is 2.26. The Labute approximate surface area is 184 Å². The van der Waals surface area contributed by atoms with Gasteiger partial charge in [-0.15, -0.1) is 0 Å². The molecule has 1 amide bonds. The van der Waals surface area contributed by atoms with E-state index in [1.54, 1.807) is 28.6 Å². The summed E-state index contributed by atoms with van der Waals surface area (Å²) in [6.07, 6.45) is 6.70. The van der Waals surface area contributed by atoms with E-state index in [9.17, 15) is 13.2 Å². The summed E-state index contributed by atoms with van der Waals surface area (Å²) in [6.45, 7) is 3.64. The number of amides is 1. The van der Waals surface area contributed by atoms with Gasteiger partial charge in [-0.2, -0.15) is 4.31 Å². The molecule has 166 valence electrons. The lowest BCUT2D eigenvalue weighted by Crippen LogP contribution is -2.39. The zero-order valence-corrected chi connectivity index (χ0v) is 18.6. The quantitative estimate of drug-likeness (QED) is 0.744. The maximum Gasteiger partial charge on any atom is 0.251 e. The molecule has 0 saturated carbocycles. The third-order valence-corrected chi connectivity index (χ3v) is 8.12. The molecule has 0 spiro atoms. The van der Waals surface area contributed by atoms with E-state index >= 15 is 0 Å². The molecule has 1 aromatic carbocycles. The highest BCUT2D eigenvalue weighted by molar-refractivity contribution is 7.89. The summed E-state index contributed by atoms with van der Waals surface area (Å²) in [4.78, 5) is 19.5. The zero-order chi connectivity index (χ0) is 21.7. The van der Waals surface area contributed by atoms with E-state index in [4.69, 9.17) is 0 Å². The molecule has 2 aliphatic heterocycles. The Hall–Kier alpha value is -2.45. The summed E-state index contributed by atoms with van der Waals surface area (Å²) >= 11 is 0. The number of hydrogen-bond donors (Lipinski definition) is 1. The molecule has 8 heteroatoms. The first-order valence-electron chi connectivity index (χ1n) is 11.1. The zero-order valence-electron chi connectivity index (χ0n) is 17.7. The molecule has 4 rings (SSSR count). The Kier molecular flexibility index (Phi) is 6.87. The first-order valence-corrected chi connectivity index (χ1v) is 12.5. The van der Waals surface area contributed by atoms with Crippen molar-refractivity contribution < 1.29 is 13.2 Å². The van der Waals surface area contributed by atoms with E-state index in [2.05, 4.69) is 15.2 Å². The normalized spacial score (nSPS) is 18.6. The van der Waals surface area contributed by atoms with E-state index in [0.717, 1.165) is 51.0 Å². The third-order valence-electron chi connectivity index (χ3n) is 6.21. The van der Waals surface area contributed by atoms with Crippen molar-refractivity contribution >= 4 is 21.7 Å². The van der Waals surface area contributed by atoms with Gasteiger partial charge in [0, 0.05) is 44.5 Å². The molecule has 0 atom stereocenters. The molecule has 2 aromatic rings. The van der Waals surface area contributed by atoms with Crippen molar-refractivity contribution in [2.75, 3.05) is 37.6 Å². The number of pyridine rings is 1. The SMILES string of the molecule is O=C(NCC1CCN(c2ccccn2)CC1)c1ccc(S(=O)(=O)N2CCCCC2)cc1. The van der Waals surface area contributed by atoms with Gasteiger partial charge in [-0.3, -0.25) is 4.79 Å². The maximum atomic E-state index is 12.7. The van der Waals surface area contributed by atoms with Gasteiger partial charge in [0.15, 0.2) is 0 Å². The second-order valence-electron chi connectivity index (χ2n) is 8.32. The molecule has 1 aromatic heterocycles. The van der Waals surface area contributed by atoms with Crippen LogP contribution in [-0.4, -0.2) is 56.3 Å². The van der Waals surface area contributed by atoms with Crippen LogP contribution >= 0.6 is 0 Å². The first kappa shape index (κ1) is 21.8. The average Bonchev–Trinajstić information content (AvgIpc) is 2.84. The van der Waals surface area contributed by atoms with Crippen LogP contribution in [-0.2, 0) is 10.0 Å². The Bertz CT molecular complexity index is 966. The summed E-state index contributed by atoms with van der Waals surface area (Å²) in [7, 11) is -3.47. The number of piperidine rings is 2. The van der Waals surface area contributed by atoms with Crippen LogP contribution in [0.2, 0.25) is 0 Å². The monoisotopic (exact) mass is 442 g/mol. The van der Waals surface area contributed by atoms with Crippen LogP contribution in [0.25, 0.3) is 0 Å². The van der Waals surface area contributed by atoms with Crippen LogP contribution in [0.4, 0.5) is 5.82 Å². The second kappa shape index (κ2) is 9.78. The van der Waals surface area contributed by atoms with Gasteiger partial charge in [0.1, 0.15) is 5.82 Å². The Balaban J connectivity index is 1.27. The lowest BCUT2D eigenvalue weighted by Gasteiger charge is -2.32. The highest BCUT2D eigenvalue weighted by atomic mass is 32.2. The van der Waals surface area contributed by atoms with Crippen LogP contribution in [0, 0.1) is 5.92 Å². The standard InChI is InChI=1S/C23H30N4O3S/c28-23(25-18-19-11-16-26(17-12-19)22-6-2-3-13-24-22)20-7-9-21(10-8-20)31(29,30)27-14-4-1-5-15-27/h2-3,6-10,13,19H,1,4-5,11-12,14-18H2,(H,25,28). The van der Waals surface area contributed by atoms with E-state index in [1.165, 1.54) is 0 Å². The average molecular weight is 443 g/mol. The minimum atomic E-state index is -3.47. The molecule has 0 aliphatic carbocycles. The van der Waals surface area contributed by atoms with Gasteiger partial charge < -0.3 is 10.2 Å². The molecule has 31 heavy (non-hydrogen) atoms. The summed E-state index contributed by atoms with van der Waals surface area (Å²) in [6, 6.07) is 12.2. The number of nitrogens with one attached hydrogen (secondary N) is 1. The van der Waals surface area contributed by atoms with Crippen molar-refractivity contribution in [2.24, 2.45) is 5.92 Å². The number of carbonyl (C=O) groups excluding carboxylic acids is 1. The molecule has 0 bridgehead atoms. The van der Waals surface area contributed by atoms with Crippen molar-refractivity contribution in [3.63, 3.8) is 0 Å². The lowest BCUT2D eigenvalue weighted by molar-refractivity contribution is 0.0944. The van der Waals surface area contributed by atoms with Gasteiger partial charge in [-0.25, -0.2) is 13.4 Å². The Morgan fingerprint density at radius 2 is 1.68 bits per heavy atom. The summed E-state index contributed by atoms with van der Waals surface area (Å²) < 4.78 is 27.0. The topological polar surface area (TPSA) is 82.6 Å². The number of hydrogen-bond acceptors (Lipinski definition) is 5. The van der Waals surface area contributed by atoms with Crippen molar-refractivity contribution in [1.82, 2.24) is 14.6 Å². The highest BCUT2D eigenvalue weighted by Crippen LogP contribution is 2.22. The fraction of sp³-hybridized carbons (Fsp3) is 0.478. The predicted molar refractivity (Wildman–Crippen MR) is 121 cm³/mol. The Morgan fingerprint density at radius 1 is 0.968 bits per heavy atom. The number of rotatable bonds is 6. The minimum absolute atomic E-state index is 0.158. The third kappa shape index (κ3) is 5.25. The number of carbonyl (C=O) groups is 1. The fourth-order valence-corrected chi connectivity index (χ4v) is 5.80. The molecule has 2 aliphatic rings. The van der Waals surface area contributed by atoms with Gasteiger partial charge in [0.05, 0.1) is 4.90 Å². The fourth-order valence-electron chi connectivity index (χ4n) is 4.28. The van der Waals surface area contributed by atoms with Crippen LogP contribution < -0.4 is 10.2 Å². The largest absolute Gasteiger partial charge is 0.357 e. The van der Waals surface area contributed by atoms with Crippen molar-refractivity contribution in [1.29, 1.82) is 0 Å². The van der Waals surface area contributed by atoms with Gasteiger partial charge >= 0.3 is 0 Å². The molecule has 2 fully saturated rings. The number of aromatic nitrogens is 1. The van der Waals surface area contributed by atoms with Crippen molar-refractivity contribution in [3.05, 3.63) is 54.2 Å². The van der Waals surface area contributed by atoms with Crippen LogP contribution in [0.1, 0.15) is 42.5 Å². The predicted octanol–water partition coefficient (Wildman–Crippen LogP) is 2.90. The summed E-state index contributed by atoms with van der Waals surface area (Å²) in [5, 5.41) is 3.01. The van der Waals surface area contributed by atoms with E-state index < -0.39 is 10.0 Å². The van der Waals surface area contributed by atoms with Crippen LogP contribution in [0.3, 0.4) is 0 Å². The number of benzene rings is 1. The van der Waals surface area contributed by atoms with Crippen LogP contribution in [0.5, 0.6) is 0 Å². The van der Waals surface area contributed by atoms with Gasteiger partial charge in [-0.05, 0) is 68.0 Å². The smallest absolute Gasteiger partial charge is 0.251 e. The molecule has 0 unspecified atom stereocenters. The molecule has 1 N–H and O–H groups in total. The molecular formula is C23H30N4O3S.